The second-order valence-corrected chi connectivity index (χ2v) is 7.64. The van der Waals surface area contributed by atoms with E-state index in [1.807, 2.05) is 0 Å². The number of guanidine groups is 2. The molecule has 0 spiro atoms. The monoisotopic (exact) mass is 370 g/mol. The van der Waals surface area contributed by atoms with Gasteiger partial charge in [-0.3, -0.25) is 51.3 Å². The molecule has 142 valence electrons. The highest BCUT2D eigenvalue weighted by Crippen LogP contribution is 2.37. The number of nitrogens with zero attached hydrogens (tertiary/aromatic N) is 7. The first-order valence-electron chi connectivity index (χ1n) is 9.66. The maximum Gasteiger partial charge on any atom is 0.211 e. The van der Waals surface area contributed by atoms with Crippen LogP contribution < -0.4 is 26.6 Å². The Morgan fingerprint density at radius 2 is 1.56 bits per heavy atom. The summed E-state index contributed by atoms with van der Waals surface area (Å²) in [5.41, 5.74) is 0. The van der Waals surface area contributed by atoms with Gasteiger partial charge < -0.3 is 0 Å². The Balaban J connectivity index is 1.37. The molecular formula is C15H22N12. The van der Waals surface area contributed by atoms with Crippen molar-refractivity contribution in [2.75, 3.05) is 26.2 Å². The largest absolute Gasteiger partial charge is 0.298 e. The van der Waals surface area contributed by atoms with Crippen LogP contribution in [0.4, 0.5) is 0 Å². The second-order valence-electron chi connectivity index (χ2n) is 7.64. The van der Waals surface area contributed by atoms with Crippen LogP contribution in [0.2, 0.25) is 0 Å². The van der Waals surface area contributed by atoms with Gasteiger partial charge in [0.1, 0.15) is 18.5 Å². The molecule has 7 unspecified atom stereocenters. The van der Waals surface area contributed by atoms with Crippen molar-refractivity contribution in [2.45, 2.75) is 43.3 Å². The van der Waals surface area contributed by atoms with Crippen LogP contribution in [0, 0.1) is 0 Å². The van der Waals surface area contributed by atoms with Crippen molar-refractivity contribution < 1.29 is 0 Å². The zero-order valence-electron chi connectivity index (χ0n) is 14.7. The van der Waals surface area contributed by atoms with Crippen LogP contribution in [0.3, 0.4) is 0 Å². The topological polar surface area (TPSA) is 119 Å². The summed E-state index contributed by atoms with van der Waals surface area (Å²) in [6.07, 6.45) is 3.50. The van der Waals surface area contributed by atoms with Gasteiger partial charge in [-0.1, -0.05) is 0 Å². The lowest BCUT2D eigenvalue weighted by atomic mass is 10.2. The van der Waals surface area contributed by atoms with E-state index < -0.39 is 0 Å². The van der Waals surface area contributed by atoms with E-state index in [1.54, 1.807) is 12.4 Å². The molecule has 5 N–H and O–H groups in total. The van der Waals surface area contributed by atoms with Crippen LogP contribution in [0.15, 0.2) is 20.0 Å². The summed E-state index contributed by atoms with van der Waals surface area (Å²) in [5, 5.41) is 18.1. The molecule has 0 saturated carbocycles. The van der Waals surface area contributed by atoms with Crippen molar-refractivity contribution >= 4 is 24.3 Å². The van der Waals surface area contributed by atoms with Gasteiger partial charge in [0.25, 0.3) is 0 Å². The molecule has 7 aliphatic rings. The second kappa shape index (κ2) is 5.23. The smallest absolute Gasteiger partial charge is 0.211 e. The van der Waals surface area contributed by atoms with E-state index in [0.29, 0.717) is 0 Å². The molecule has 27 heavy (non-hydrogen) atoms. The Labute approximate surface area is 155 Å². The highest BCUT2D eigenvalue weighted by atomic mass is 15.7. The first kappa shape index (κ1) is 14.9. The minimum Gasteiger partial charge on any atom is -0.298 e. The van der Waals surface area contributed by atoms with E-state index in [1.165, 1.54) is 0 Å². The average molecular weight is 370 g/mol. The summed E-state index contributed by atoms with van der Waals surface area (Å²) in [5.74, 6) is 1.82. The van der Waals surface area contributed by atoms with E-state index in [9.17, 15) is 0 Å². The number of piperazine rings is 2. The first-order chi connectivity index (χ1) is 13.4. The van der Waals surface area contributed by atoms with Gasteiger partial charge in [0.15, 0.2) is 18.6 Å². The predicted octanol–water partition coefficient (Wildman–Crippen LogP) is -3.97. The van der Waals surface area contributed by atoms with Crippen molar-refractivity contribution in [1.82, 2.24) is 41.3 Å². The number of hydrogen-bond acceptors (Lipinski definition) is 12. The molecule has 0 aromatic heterocycles. The maximum absolute atomic E-state index is 5.02. The van der Waals surface area contributed by atoms with Crippen molar-refractivity contribution in [2.24, 2.45) is 20.0 Å². The molecule has 12 nitrogen and oxygen atoms in total. The van der Waals surface area contributed by atoms with Crippen LogP contribution >= 0.6 is 0 Å². The third-order valence-electron chi connectivity index (χ3n) is 6.22. The fraction of sp³-hybridized carbons (Fsp3) is 0.733. The Kier molecular flexibility index (Phi) is 2.88. The van der Waals surface area contributed by atoms with Gasteiger partial charge in [-0.2, -0.15) is 0 Å². The summed E-state index contributed by atoms with van der Waals surface area (Å²) in [7, 11) is 0. The van der Waals surface area contributed by atoms with E-state index in [-0.39, 0.29) is 43.3 Å². The lowest BCUT2D eigenvalue weighted by Gasteiger charge is -2.49. The zero-order chi connectivity index (χ0) is 17.5. The van der Waals surface area contributed by atoms with Gasteiger partial charge in [0.05, 0.1) is 6.17 Å². The fourth-order valence-corrected chi connectivity index (χ4v) is 5.13. The molecule has 4 fully saturated rings. The van der Waals surface area contributed by atoms with Crippen LogP contribution in [0.5, 0.6) is 0 Å². The zero-order valence-corrected chi connectivity index (χ0v) is 14.7. The van der Waals surface area contributed by atoms with E-state index in [2.05, 4.69) is 51.3 Å². The van der Waals surface area contributed by atoms with Crippen molar-refractivity contribution in [3.05, 3.63) is 0 Å². The molecule has 4 saturated heterocycles. The molecule has 0 aliphatic carbocycles. The van der Waals surface area contributed by atoms with Crippen LogP contribution in [-0.2, 0) is 0 Å². The summed E-state index contributed by atoms with van der Waals surface area (Å²) in [6, 6.07) is 0. The molecule has 7 atom stereocenters. The van der Waals surface area contributed by atoms with Crippen molar-refractivity contribution in [3.8, 4) is 0 Å². The lowest BCUT2D eigenvalue weighted by molar-refractivity contribution is 0.0544. The molecule has 0 radical (unpaired) electrons. The third kappa shape index (κ3) is 1.84. The molecule has 7 heterocycles. The normalized spacial score (nSPS) is 46.2. The highest BCUT2D eigenvalue weighted by Gasteiger charge is 2.60. The highest BCUT2D eigenvalue weighted by molar-refractivity contribution is 6.17. The quantitative estimate of drug-likeness (QED) is 0.293. The number of rotatable bonds is 0. The summed E-state index contributed by atoms with van der Waals surface area (Å²) >= 11 is 0. The SMILES string of the molecule is C1=NC2N=C3N(C4=NC5NCCNC5N4C4NC5NCCNC5N34)C2N=C1. The maximum atomic E-state index is 5.02. The molecule has 0 aromatic carbocycles. The van der Waals surface area contributed by atoms with Crippen LogP contribution in [0.1, 0.15) is 0 Å². The molecule has 0 aromatic rings. The fourth-order valence-electron chi connectivity index (χ4n) is 5.13. The third-order valence-corrected chi connectivity index (χ3v) is 6.22. The molecule has 7 aliphatic heterocycles. The standard InChI is InChI=1S/C15H22N12/c1-4-19-10-7(16-1)22-13-25(10)14-23-9-12(21-6-3-18-9)27(14)15-24-8-11(26(13)15)20-5-2-17-8/h1,4,7-12,15,17-18,20-21,24H,2-3,5-6H2. The molecule has 12 heteroatoms. The molecular weight excluding hydrogens is 348 g/mol. The first-order valence-corrected chi connectivity index (χ1v) is 9.66. The lowest BCUT2D eigenvalue weighted by Crippen LogP contribution is -2.73. The van der Waals surface area contributed by atoms with Crippen molar-refractivity contribution in [1.29, 1.82) is 0 Å². The van der Waals surface area contributed by atoms with Gasteiger partial charge in [-0.25, -0.2) is 9.98 Å². The van der Waals surface area contributed by atoms with Gasteiger partial charge >= 0.3 is 0 Å². The molecule has 0 bridgehead atoms. The Bertz CT molecular complexity index is 790. The minimum absolute atomic E-state index is 0.0235. The molecule has 7 rings (SSSR count). The Morgan fingerprint density at radius 1 is 0.815 bits per heavy atom. The van der Waals surface area contributed by atoms with E-state index in [4.69, 9.17) is 9.98 Å². The molecule has 0 amide bonds. The van der Waals surface area contributed by atoms with Gasteiger partial charge in [0, 0.05) is 38.6 Å². The summed E-state index contributed by atoms with van der Waals surface area (Å²) in [6.45, 7) is 3.70. The van der Waals surface area contributed by atoms with E-state index in [0.717, 1.165) is 38.1 Å². The predicted molar refractivity (Wildman–Crippen MR) is 99.0 cm³/mol. The average Bonchev–Trinajstić information content (AvgIpc) is 3.38. The number of aliphatic imine (C=N–C) groups is 4. The Hall–Kier alpha value is -2.12. The van der Waals surface area contributed by atoms with E-state index >= 15 is 0 Å². The van der Waals surface area contributed by atoms with Gasteiger partial charge in [-0.05, 0) is 0 Å². The van der Waals surface area contributed by atoms with Gasteiger partial charge in [-0.15, -0.1) is 0 Å². The minimum atomic E-state index is -0.215. The van der Waals surface area contributed by atoms with Crippen molar-refractivity contribution in [3.63, 3.8) is 0 Å². The Morgan fingerprint density at radius 3 is 2.52 bits per heavy atom. The van der Waals surface area contributed by atoms with Crippen LogP contribution in [-0.4, -0.2) is 109 Å². The van der Waals surface area contributed by atoms with Crippen LogP contribution in [0.25, 0.3) is 0 Å². The summed E-state index contributed by atoms with van der Waals surface area (Å²) in [4.78, 5) is 26.0. The number of hydrogen-bond donors (Lipinski definition) is 5. The summed E-state index contributed by atoms with van der Waals surface area (Å²) < 4.78 is 0. The van der Waals surface area contributed by atoms with Gasteiger partial charge in [0.2, 0.25) is 11.9 Å². The number of fused-ring (bicyclic) bond motifs is 12. The number of nitrogens with one attached hydrogen (secondary N) is 5.